The number of rotatable bonds is 3. The van der Waals surface area contributed by atoms with Crippen molar-refractivity contribution in [3.05, 3.63) is 18.3 Å². The maximum atomic E-state index is 9.69. The fourth-order valence-corrected chi connectivity index (χ4v) is 2.24. The van der Waals surface area contributed by atoms with Crippen molar-refractivity contribution in [2.75, 3.05) is 31.6 Å². The molecule has 0 amide bonds. The molecule has 1 aliphatic rings. The third-order valence-corrected chi connectivity index (χ3v) is 3.06. The summed E-state index contributed by atoms with van der Waals surface area (Å²) in [7, 11) is 1.98. The maximum Gasteiger partial charge on any atom is 0.170 e. The van der Waals surface area contributed by atoms with Crippen molar-refractivity contribution in [2.45, 2.75) is 12.8 Å². The molecule has 4 heteroatoms. The SMILES string of the molecule is CN(C[C@@H]1CCCNC1)c1ncccc1O. The van der Waals surface area contributed by atoms with Crippen LogP contribution in [0.5, 0.6) is 5.75 Å². The van der Waals surface area contributed by atoms with Crippen molar-refractivity contribution in [2.24, 2.45) is 5.92 Å². The third kappa shape index (κ3) is 2.64. The van der Waals surface area contributed by atoms with Crippen molar-refractivity contribution >= 4 is 5.82 Å². The molecule has 1 fully saturated rings. The molecular formula is C12H19N3O. The number of hydrogen-bond acceptors (Lipinski definition) is 4. The van der Waals surface area contributed by atoms with Gasteiger partial charge in [0.15, 0.2) is 11.6 Å². The van der Waals surface area contributed by atoms with Gasteiger partial charge in [0, 0.05) is 19.8 Å². The molecule has 1 aromatic heterocycles. The predicted octanol–water partition coefficient (Wildman–Crippen LogP) is 1.22. The molecule has 1 saturated heterocycles. The van der Waals surface area contributed by atoms with E-state index in [1.54, 1.807) is 18.3 Å². The second-order valence-corrected chi connectivity index (χ2v) is 4.44. The topological polar surface area (TPSA) is 48.4 Å². The minimum atomic E-state index is 0.258. The van der Waals surface area contributed by atoms with Crippen LogP contribution >= 0.6 is 0 Å². The van der Waals surface area contributed by atoms with E-state index in [0.29, 0.717) is 11.7 Å². The lowest BCUT2D eigenvalue weighted by Crippen LogP contribution is -2.37. The molecule has 1 aromatic rings. The van der Waals surface area contributed by atoms with E-state index in [9.17, 15) is 5.11 Å². The van der Waals surface area contributed by atoms with Crippen LogP contribution in [-0.2, 0) is 0 Å². The maximum absolute atomic E-state index is 9.69. The lowest BCUT2D eigenvalue weighted by atomic mass is 9.99. The fourth-order valence-electron chi connectivity index (χ4n) is 2.24. The van der Waals surface area contributed by atoms with Crippen LogP contribution < -0.4 is 10.2 Å². The minimum absolute atomic E-state index is 0.258. The Kier molecular flexibility index (Phi) is 3.62. The van der Waals surface area contributed by atoms with Gasteiger partial charge in [0.25, 0.3) is 0 Å². The van der Waals surface area contributed by atoms with Gasteiger partial charge < -0.3 is 15.3 Å². The number of nitrogens with one attached hydrogen (secondary N) is 1. The van der Waals surface area contributed by atoms with Crippen molar-refractivity contribution in [1.29, 1.82) is 0 Å². The van der Waals surface area contributed by atoms with Gasteiger partial charge in [-0.2, -0.15) is 0 Å². The molecule has 0 radical (unpaired) electrons. The van der Waals surface area contributed by atoms with E-state index in [0.717, 1.165) is 19.6 Å². The highest BCUT2D eigenvalue weighted by Gasteiger charge is 2.17. The largest absolute Gasteiger partial charge is 0.504 e. The Morgan fingerprint density at radius 3 is 3.19 bits per heavy atom. The van der Waals surface area contributed by atoms with Gasteiger partial charge in [0.2, 0.25) is 0 Å². The van der Waals surface area contributed by atoms with E-state index in [-0.39, 0.29) is 5.75 Å². The molecule has 88 valence electrons. The van der Waals surface area contributed by atoms with Crippen LogP contribution in [0.1, 0.15) is 12.8 Å². The Balaban J connectivity index is 1.96. The van der Waals surface area contributed by atoms with Gasteiger partial charge in [-0.3, -0.25) is 0 Å². The highest BCUT2D eigenvalue weighted by molar-refractivity contribution is 5.50. The number of anilines is 1. The molecule has 1 atom stereocenters. The normalized spacial score (nSPS) is 20.7. The number of aromatic hydroxyl groups is 1. The summed E-state index contributed by atoms with van der Waals surface area (Å²) in [4.78, 5) is 6.23. The standard InChI is InChI=1S/C12H19N3O/c1-15(9-10-4-2-6-13-8-10)12-11(16)5-3-7-14-12/h3,5,7,10,13,16H,2,4,6,8-9H2,1H3/t10-/m1/s1. The zero-order valence-corrected chi connectivity index (χ0v) is 9.69. The van der Waals surface area contributed by atoms with Crippen molar-refractivity contribution < 1.29 is 5.11 Å². The Labute approximate surface area is 96.3 Å². The van der Waals surface area contributed by atoms with Crippen LogP contribution in [0.15, 0.2) is 18.3 Å². The summed E-state index contributed by atoms with van der Waals surface area (Å²) in [6.07, 6.45) is 4.21. The summed E-state index contributed by atoms with van der Waals surface area (Å²) in [5, 5.41) is 13.1. The molecule has 2 rings (SSSR count). The zero-order chi connectivity index (χ0) is 11.4. The molecule has 2 heterocycles. The van der Waals surface area contributed by atoms with E-state index in [1.807, 2.05) is 11.9 Å². The Hall–Kier alpha value is -1.29. The first-order valence-electron chi connectivity index (χ1n) is 5.83. The van der Waals surface area contributed by atoms with Gasteiger partial charge in [0.05, 0.1) is 0 Å². The number of hydrogen-bond donors (Lipinski definition) is 2. The quantitative estimate of drug-likeness (QED) is 0.806. The van der Waals surface area contributed by atoms with E-state index in [2.05, 4.69) is 10.3 Å². The summed E-state index contributed by atoms with van der Waals surface area (Å²) < 4.78 is 0. The van der Waals surface area contributed by atoms with E-state index < -0.39 is 0 Å². The molecule has 0 aliphatic carbocycles. The van der Waals surface area contributed by atoms with Gasteiger partial charge in [-0.15, -0.1) is 0 Å². The van der Waals surface area contributed by atoms with Gasteiger partial charge in [-0.25, -0.2) is 4.98 Å². The van der Waals surface area contributed by atoms with Crippen molar-refractivity contribution in [3.8, 4) is 5.75 Å². The van der Waals surface area contributed by atoms with Crippen LogP contribution in [-0.4, -0.2) is 36.8 Å². The summed E-state index contributed by atoms with van der Waals surface area (Å²) in [5.41, 5.74) is 0. The second-order valence-electron chi connectivity index (χ2n) is 4.44. The first-order valence-corrected chi connectivity index (χ1v) is 5.83. The highest BCUT2D eigenvalue weighted by Crippen LogP contribution is 2.23. The van der Waals surface area contributed by atoms with Crippen LogP contribution in [0.4, 0.5) is 5.82 Å². The van der Waals surface area contributed by atoms with Crippen LogP contribution in [0, 0.1) is 5.92 Å². The number of piperidine rings is 1. The third-order valence-electron chi connectivity index (χ3n) is 3.06. The van der Waals surface area contributed by atoms with E-state index in [1.165, 1.54) is 12.8 Å². The lowest BCUT2D eigenvalue weighted by molar-refractivity contribution is 0.379. The van der Waals surface area contributed by atoms with E-state index >= 15 is 0 Å². The molecule has 0 aromatic carbocycles. The van der Waals surface area contributed by atoms with Crippen molar-refractivity contribution in [3.63, 3.8) is 0 Å². The summed E-state index contributed by atoms with van der Waals surface area (Å²) in [5.74, 6) is 1.59. The second kappa shape index (κ2) is 5.16. The molecule has 0 unspecified atom stereocenters. The molecule has 16 heavy (non-hydrogen) atoms. The molecule has 0 spiro atoms. The number of aromatic nitrogens is 1. The first-order chi connectivity index (χ1) is 7.77. The van der Waals surface area contributed by atoms with Gasteiger partial charge in [0.1, 0.15) is 0 Å². The summed E-state index contributed by atoms with van der Waals surface area (Å²) in [6.45, 7) is 3.14. The summed E-state index contributed by atoms with van der Waals surface area (Å²) in [6, 6.07) is 3.42. The van der Waals surface area contributed by atoms with Crippen molar-refractivity contribution in [1.82, 2.24) is 10.3 Å². The highest BCUT2D eigenvalue weighted by atomic mass is 16.3. The van der Waals surface area contributed by atoms with Gasteiger partial charge in [-0.05, 0) is 44.0 Å². The van der Waals surface area contributed by atoms with Crippen LogP contribution in [0.3, 0.4) is 0 Å². The summed E-state index contributed by atoms with van der Waals surface area (Å²) >= 11 is 0. The molecule has 4 nitrogen and oxygen atoms in total. The molecule has 2 N–H and O–H groups in total. The molecular weight excluding hydrogens is 202 g/mol. The monoisotopic (exact) mass is 221 g/mol. The predicted molar refractivity (Wildman–Crippen MR) is 64.8 cm³/mol. The molecule has 0 bridgehead atoms. The number of nitrogens with zero attached hydrogens (tertiary/aromatic N) is 2. The minimum Gasteiger partial charge on any atom is -0.504 e. The average Bonchev–Trinajstić information content (AvgIpc) is 2.31. The average molecular weight is 221 g/mol. The van der Waals surface area contributed by atoms with Crippen LogP contribution in [0.2, 0.25) is 0 Å². The Bertz CT molecular complexity index is 337. The first kappa shape index (κ1) is 11.2. The smallest absolute Gasteiger partial charge is 0.170 e. The molecule has 0 saturated carbocycles. The van der Waals surface area contributed by atoms with E-state index in [4.69, 9.17) is 0 Å². The lowest BCUT2D eigenvalue weighted by Gasteiger charge is -2.28. The number of pyridine rings is 1. The fraction of sp³-hybridized carbons (Fsp3) is 0.583. The Morgan fingerprint density at radius 2 is 2.50 bits per heavy atom. The zero-order valence-electron chi connectivity index (χ0n) is 9.69. The van der Waals surface area contributed by atoms with Gasteiger partial charge in [-0.1, -0.05) is 0 Å². The van der Waals surface area contributed by atoms with Crippen LogP contribution in [0.25, 0.3) is 0 Å². The van der Waals surface area contributed by atoms with Gasteiger partial charge >= 0.3 is 0 Å². The Morgan fingerprint density at radius 1 is 1.62 bits per heavy atom. The molecule has 1 aliphatic heterocycles.